The van der Waals surface area contributed by atoms with Crippen LogP contribution in [-0.4, -0.2) is 17.7 Å². The van der Waals surface area contributed by atoms with Gasteiger partial charge in [-0.2, -0.15) is 0 Å². The van der Waals surface area contributed by atoms with Crippen molar-refractivity contribution in [2.45, 2.75) is 13.0 Å². The van der Waals surface area contributed by atoms with Crippen molar-refractivity contribution in [3.8, 4) is 23.1 Å². The summed E-state index contributed by atoms with van der Waals surface area (Å²) >= 11 is 0. The van der Waals surface area contributed by atoms with E-state index in [1.807, 2.05) is 13.0 Å². The number of rotatable bonds is 7. The molecule has 1 aromatic heterocycles. The Morgan fingerprint density at radius 1 is 0.962 bits per heavy atom. The van der Waals surface area contributed by atoms with Gasteiger partial charge in [-0.05, 0) is 49.4 Å². The molecule has 0 saturated carbocycles. The number of pyridine rings is 1. The highest BCUT2D eigenvalue weighted by Crippen LogP contribution is 2.27. The number of nitrogens with zero attached hydrogens (tertiary/aromatic N) is 1. The second-order valence-electron chi connectivity index (χ2n) is 5.56. The number of hydrogen-bond donors (Lipinski definition) is 0. The van der Waals surface area contributed by atoms with E-state index in [-0.39, 0.29) is 24.3 Å². The van der Waals surface area contributed by atoms with E-state index in [0.29, 0.717) is 17.4 Å². The van der Waals surface area contributed by atoms with Crippen molar-refractivity contribution >= 4 is 0 Å². The van der Waals surface area contributed by atoms with E-state index in [4.69, 9.17) is 14.2 Å². The third-order valence-electron chi connectivity index (χ3n) is 3.39. The fraction of sp³-hybridized carbons (Fsp3) is 0.150. The number of hydrogen-bond acceptors (Lipinski definition) is 4. The first-order valence-electron chi connectivity index (χ1n) is 8.03. The van der Waals surface area contributed by atoms with Crippen molar-refractivity contribution in [2.24, 2.45) is 0 Å². The van der Waals surface area contributed by atoms with Crippen LogP contribution in [0.4, 0.5) is 8.78 Å². The molecule has 0 N–H and O–H groups in total. The van der Waals surface area contributed by atoms with Crippen molar-refractivity contribution < 1.29 is 23.0 Å². The zero-order valence-electron chi connectivity index (χ0n) is 14.1. The molecule has 3 rings (SSSR count). The van der Waals surface area contributed by atoms with E-state index < -0.39 is 5.82 Å². The molecule has 0 saturated heterocycles. The first-order chi connectivity index (χ1) is 12.6. The third-order valence-corrected chi connectivity index (χ3v) is 3.39. The molecular formula is C20H17F2NO3. The maximum atomic E-state index is 14.2. The van der Waals surface area contributed by atoms with Crippen molar-refractivity contribution in [2.75, 3.05) is 6.61 Å². The summed E-state index contributed by atoms with van der Waals surface area (Å²) in [6, 6.07) is 15.0. The Bertz CT molecular complexity index is 841. The highest BCUT2D eigenvalue weighted by Gasteiger charge is 2.10. The zero-order chi connectivity index (χ0) is 18.4. The van der Waals surface area contributed by atoms with E-state index in [9.17, 15) is 8.78 Å². The highest BCUT2D eigenvalue weighted by atomic mass is 19.1. The molecule has 0 aliphatic rings. The van der Waals surface area contributed by atoms with Crippen LogP contribution in [0.15, 0.2) is 66.9 Å². The summed E-state index contributed by atoms with van der Waals surface area (Å²) in [5.74, 6) is 0.259. The monoisotopic (exact) mass is 357 g/mol. The first kappa shape index (κ1) is 17.7. The van der Waals surface area contributed by atoms with Gasteiger partial charge in [0.05, 0.1) is 0 Å². The molecule has 1 heterocycles. The quantitative estimate of drug-likeness (QED) is 0.597. The van der Waals surface area contributed by atoms with Gasteiger partial charge in [0.1, 0.15) is 30.0 Å². The minimum Gasteiger partial charge on any atom is -0.490 e. The maximum absolute atomic E-state index is 14.2. The lowest BCUT2D eigenvalue weighted by Gasteiger charge is -2.15. The Labute approximate surface area is 150 Å². The largest absolute Gasteiger partial charge is 0.490 e. The van der Waals surface area contributed by atoms with Crippen molar-refractivity contribution in [3.05, 3.63) is 78.5 Å². The molecule has 134 valence electrons. The van der Waals surface area contributed by atoms with Gasteiger partial charge in [0.15, 0.2) is 11.6 Å². The molecule has 26 heavy (non-hydrogen) atoms. The number of benzene rings is 2. The Kier molecular flexibility index (Phi) is 5.63. The topological polar surface area (TPSA) is 40.6 Å². The predicted molar refractivity (Wildman–Crippen MR) is 92.7 cm³/mol. The van der Waals surface area contributed by atoms with E-state index >= 15 is 0 Å². The smallest absolute Gasteiger partial charge is 0.213 e. The number of aromatic nitrogens is 1. The summed E-state index contributed by atoms with van der Waals surface area (Å²) in [6.45, 7) is 2.06. The van der Waals surface area contributed by atoms with Crippen LogP contribution in [0, 0.1) is 11.6 Å². The zero-order valence-corrected chi connectivity index (χ0v) is 14.1. The van der Waals surface area contributed by atoms with Gasteiger partial charge in [-0.3, -0.25) is 0 Å². The average molecular weight is 357 g/mol. The second kappa shape index (κ2) is 8.29. The summed E-state index contributed by atoms with van der Waals surface area (Å²) in [4.78, 5) is 4.07. The highest BCUT2D eigenvalue weighted by molar-refractivity contribution is 5.36. The molecule has 2 aromatic carbocycles. The Balaban J connectivity index is 1.56. The van der Waals surface area contributed by atoms with Crippen LogP contribution >= 0.6 is 0 Å². The molecule has 0 spiro atoms. The molecule has 0 amide bonds. The van der Waals surface area contributed by atoms with Crippen LogP contribution in [0.1, 0.15) is 6.92 Å². The minimum atomic E-state index is -0.579. The molecule has 0 aliphatic carbocycles. The Morgan fingerprint density at radius 2 is 1.73 bits per heavy atom. The van der Waals surface area contributed by atoms with Gasteiger partial charge in [0.25, 0.3) is 0 Å². The standard InChI is InChI=1S/C20H17F2NO3/c1-14(25-20-4-2-3-11-23-20)13-24-17-9-10-19(18(22)12-17)26-16-7-5-15(21)6-8-16/h2-12,14H,13H2,1H3. The van der Waals surface area contributed by atoms with Gasteiger partial charge in [-0.1, -0.05) is 6.07 Å². The van der Waals surface area contributed by atoms with Gasteiger partial charge < -0.3 is 14.2 Å². The van der Waals surface area contributed by atoms with Crippen LogP contribution < -0.4 is 14.2 Å². The molecule has 3 aromatic rings. The summed E-state index contributed by atoms with van der Waals surface area (Å²) in [5, 5.41) is 0. The first-order valence-corrected chi connectivity index (χ1v) is 8.03. The van der Waals surface area contributed by atoms with E-state index in [2.05, 4.69) is 4.98 Å². The average Bonchev–Trinajstić information content (AvgIpc) is 2.64. The Morgan fingerprint density at radius 3 is 2.42 bits per heavy atom. The van der Waals surface area contributed by atoms with E-state index in [0.717, 1.165) is 0 Å². The van der Waals surface area contributed by atoms with Crippen LogP contribution in [-0.2, 0) is 0 Å². The lowest BCUT2D eigenvalue weighted by Crippen LogP contribution is -2.21. The third kappa shape index (κ3) is 4.92. The predicted octanol–water partition coefficient (Wildman–Crippen LogP) is 5.00. The molecule has 0 aliphatic heterocycles. The molecule has 0 radical (unpaired) electrons. The molecule has 0 bridgehead atoms. The number of ether oxygens (including phenoxy) is 3. The number of halogens is 2. The van der Waals surface area contributed by atoms with Gasteiger partial charge in [-0.15, -0.1) is 0 Å². The lowest BCUT2D eigenvalue weighted by atomic mass is 10.3. The molecule has 4 nitrogen and oxygen atoms in total. The van der Waals surface area contributed by atoms with Crippen LogP contribution in [0.2, 0.25) is 0 Å². The molecule has 6 heteroatoms. The van der Waals surface area contributed by atoms with Crippen molar-refractivity contribution in [1.82, 2.24) is 4.98 Å². The van der Waals surface area contributed by atoms with Gasteiger partial charge in [0.2, 0.25) is 5.88 Å². The van der Waals surface area contributed by atoms with E-state index in [1.165, 1.54) is 36.4 Å². The van der Waals surface area contributed by atoms with Gasteiger partial charge >= 0.3 is 0 Å². The normalized spacial score (nSPS) is 11.7. The maximum Gasteiger partial charge on any atom is 0.213 e. The summed E-state index contributed by atoms with van der Waals surface area (Å²) < 4.78 is 43.6. The summed E-state index contributed by atoms with van der Waals surface area (Å²) in [7, 11) is 0. The molecule has 0 fully saturated rings. The summed E-state index contributed by atoms with van der Waals surface area (Å²) in [6.07, 6.45) is 1.38. The van der Waals surface area contributed by atoms with Crippen LogP contribution in [0.5, 0.6) is 23.1 Å². The van der Waals surface area contributed by atoms with Crippen LogP contribution in [0.25, 0.3) is 0 Å². The Hall–Kier alpha value is -3.15. The fourth-order valence-electron chi connectivity index (χ4n) is 2.15. The lowest BCUT2D eigenvalue weighted by molar-refractivity contribution is 0.138. The van der Waals surface area contributed by atoms with Gasteiger partial charge in [0, 0.05) is 18.3 Å². The van der Waals surface area contributed by atoms with Crippen molar-refractivity contribution in [3.63, 3.8) is 0 Å². The van der Waals surface area contributed by atoms with E-state index in [1.54, 1.807) is 24.4 Å². The molecule has 1 atom stereocenters. The fourth-order valence-corrected chi connectivity index (χ4v) is 2.15. The van der Waals surface area contributed by atoms with Crippen LogP contribution in [0.3, 0.4) is 0 Å². The molecule has 1 unspecified atom stereocenters. The van der Waals surface area contributed by atoms with Gasteiger partial charge in [-0.25, -0.2) is 13.8 Å². The second-order valence-corrected chi connectivity index (χ2v) is 5.56. The summed E-state index contributed by atoms with van der Waals surface area (Å²) in [5.41, 5.74) is 0. The SMILES string of the molecule is CC(COc1ccc(Oc2ccc(F)cc2)c(F)c1)Oc1ccccn1. The minimum absolute atomic E-state index is 0.0294. The molecular weight excluding hydrogens is 340 g/mol. The van der Waals surface area contributed by atoms with Crippen molar-refractivity contribution in [1.29, 1.82) is 0 Å².